The number of carbonyl (C=O) groups excluding carboxylic acids is 2. The number of carboxylic acids is 1. The molecule has 0 aliphatic carbocycles. The fraction of sp³-hybridized carbons (Fsp3) is 0.936. The molecular weight excluding hydrogens is 741 g/mol. The van der Waals surface area contributed by atoms with Gasteiger partial charge in [0.05, 0.1) is 6.61 Å². The Balaban J connectivity index is 2.31. The number of unbranched alkanes of at least 4 members (excludes halogenated alkanes) is 30. The molecule has 0 saturated carbocycles. The summed E-state index contributed by atoms with van der Waals surface area (Å²) < 4.78 is 21.8. The van der Waals surface area contributed by atoms with Crippen LogP contribution in [-0.2, 0) is 33.3 Å². The summed E-state index contributed by atoms with van der Waals surface area (Å²) in [6, 6.07) is 0. The molecule has 58 heavy (non-hydrogen) atoms. The van der Waals surface area contributed by atoms with E-state index in [4.69, 9.17) is 18.9 Å². The van der Waals surface area contributed by atoms with Crippen molar-refractivity contribution in [3.8, 4) is 0 Å². The maximum absolute atomic E-state index is 12.8. The van der Waals surface area contributed by atoms with Crippen molar-refractivity contribution in [2.24, 2.45) is 0 Å². The molecule has 6 unspecified atom stereocenters. The maximum atomic E-state index is 12.8. The van der Waals surface area contributed by atoms with Crippen LogP contribution in [0.25, 0.3) is 0 Å². The highest BCUT2D eigenvalue weighted by atomic mass is 16.7. The van der Waals surface area contributed by atoms with Gasteiger partial charge in [-0.2, -0.15) is 0 Å². The number of aliphatic hydroxyl groups excluding tert-OH is 3. The molecule has 0 aromatic rings. The van der Waals surface area contributed by atoms with Gasteiger partial charge < -0.3 is 39.4 Å². The zero-order valence-corrected chi connectivity index (χ0v) is 37.1. The highest BCUT2D eigenvalue weighted by Gasteiger charge is 2.47. The van der Waals surface area contributed by atoms with Crippen molar-refractivity contribution in [1.82, 2.24) is 0 Å². The van der Waals surface area contributed by atoms with Crippen LogP contribution in [-0.4, -0.2) is 88.4 Å². The van der Waals surface area contributed by atoms with Crippen LogP contribution in [0.3, 0.4) is 0 Å². The summed E-state index contributed by atoms with van der Waals surface area (Å²) in [7, 11) is 0. The van der Waals surface area contributed by atoms with E-state index in [1.165, 1.54) is 154 Å². The van der Waals surface area contributed by atoms with Crippen LogP contribution in [0.1, 0.15) is 232 Å². The molecule has 0 aromatic carbocycles. The quantitative estimate of drug-likeness (QED) is 0.0342. The summed E-state index contributed by atoms with van der Waals surface area (Å²) in [5.74, 6) is -2.42. The fourth-order valence-electron chi connectivity index (χ4n) is 7.65. The molecule has 1 saturated heterocycles. The van der Waals surface area contributed by atoms with E-state index >= 15 is 0 Å². The Kier molecular flexibility index (Phi) is 35.7. The van der Waals surface area contributed by atoms with E-state index in [1.807, 2.05) is 0 Å². The Hall–Kier alpha value is -1.79. The van der Waals surface area contributed by atoms with E-state index < -0.39 is 54.7 Å². The molecule has 0 amide bonds. The Morgan fingerprint density at radius 2 is 0.810 bits per heavy atom. The lowest BCUT2D eigenvalue weighted by Crippen LogP contribution is -2.60. The minimum absolute atomic E-state index is 0.191. The van der Waals surface area contributed by atoms with Crippen LogP contribution < -0.4 is 0 Å². The van der Waals surface area contributed by atoms with Crippen LogP contribution in [0.15, 0.2) is 0 Å². The lowest BCUT2D eigenvalue weighted by Gasteiger charge is -2.38. The summed E-state index contributed by atoms with van der Waals surface area (Å²) in [5, 5.41) is 39.8. The molecular formula is C47H88O11. The number of carbonyl (C=O) groups is 3. The van der Waals surface area contributed by atoms with Crippen molar-refractivity contribution in [2.45, 2.75) is 269 Å². The number of rotatable bonds is 41. The van der Waals surface area contributed by atoms with Gasteiger partial charge in [-0.15, -0.1) is 0 Å². The first-order valence-corrected chi connectivity index (χ1v) is 24.1. The smallest absolute Gasteiger partial charge is 0.335 e. The van der Waals surface area contributed by atoms with Crippen LogP contribution in [0.2, 0.25) is 0 Å². The number of aliphatic hydroxyl groups is 3. The first kappa shape index (κ1) is 54.2. The van der Waals surface area contributed by atoms with Gasteiger partial charge in [-0.25, -0.2) is 4.79 Å². The zero-order chi connectivity index (χ0) is 42.5. The Morgan fingerprint density at radius 3 is 1.17 bits per heavy atom. The van der Waals surface area contributed by atoms with Gasteiger partial charge in [0, 0.05) is 12.8 Å². The summed E-state index contributed by atoms with van der Waals surface area (Å²) in [6.45, 7) is 3.85. The molecule has 1 aliphatic rings. The van der Waals surface area contributed by atoms with Gasteiger partial charge in [0.1, 0.15) is 24.9 Å². The average molecular weight is 829 g/mol. The van der Waals surface area contributed by atoms with Gasteiger partial charge in [-0.1, -0.05) is 206 Å². The number of aliphatic carboxylic acids is 1. The van der Waals surface area contributed by atoms with E-state index in [1.54, 1.807) is 0 Å². The van der Waals surface area contributed by atoms with Crippen molar-refractivity contribution in [3.05, 3.63) is 0 Å². The van der Waals surface area contributed by atoms with Crippen LogP contribution in [0.5, 0.6) is 0 Å². The Labute approximate surface area is 353 Å². The molecule has 11 heteroatoms. The van der Waals surface area contributed by atoms with Crippen molar-refractivity contribution < 1.29 is 53.8 Å². The highest BCUT2D eigenvalue weighted by molar-refractivity contribution is 5.73. The highest BCUT2D eigenvalue weighted by Crippen LogP contribution is 2.23. The molecule has 1 rings (SSSR count). The van der Waals surface area contributed by atoms with E-state index in [9.17, 15) is 34.8 Å². The second kappa shape index (κ2) is 38.2. The third-order valence-corrected chi connectivity index (χ3v) is 11.5. The van der Waals surface area contributed by atoms with E-state index in [2.05, 4.69) is 13.8 Å². The van der Waals surface area contributed by atoms with E-state index in [-0.39, 0.29) is 26.1 Å². The molecule has 0 spiro atoms. The average Bonchev–Trinajstić information content (AvgIpc) is 3.21. The predicted molar refractivity (Wildman–Crippen MR) is 229 cm³/mol. The largest absolute Gasteiger partial charge is 0.479 e. The molecule has 1 aliphatic heterocycles. The molecule has 0 aromatic heterocycles. The third-order valence-electron chi connectivity index (χ3n) is 11.5. The SMILES string of the molecule is CCCCCCCCCCCCCCCCCCCCC(=O)OCC(COC1OC(C(=O)O)C(O)C(O)C1O)OC(=O)CCCCCCCCCCCCCCCC. The summed E-state index contributed by atoms with van der Waals surface area (Å²) in [5.41, 5.74) is 0. The second-order valence-electron chi connectivity index (χ2n) is 17.0. The van der Waals surface area contributed by atoms with Crippen molar-refractivity contribution in [1.29, 1.82) is 0 Å². The third kappa shape index (κ3) is 29.4. The second-order valence-corrected chi connectivity index (χ2v) is 17.0. The lowest BCUT2D eigenvalue weighted by atomic mass is 9.99. The van der Waals surface area contributed by atoms with Gasteiger partial charge in [-0.05, 0) is 12.8 Å². The van der Waals surface area contributed by atoms with Gasteiger partial charge >= 0.3 is 17.9 Å². The van der Waals surface area contributed by atoms with Crippen LogP contribution in [0.4, 0.5) is 0 Å². The van der Waals surface area contributed by atoms with Gasteiger partial charge in [0.15, 0.2) is 18.5 Å². The molecule has 1 fully saturated rings. The van der Waals surface area contributed by atoms with Gasteiger partial charge in [0.2, 0.25) is 0 Å². The van der Waals surface area contributed by atoms with Gasteiger partial charge in [-0.3, -0.25) is 9.59 Å². The summed E-state index contributed by atoms with van der Waals surface area (Å²) in [4.78, 5) is 36.9. The molecule has 0 bridgehead atoms. The Bertz CT molecular complexity index is 978. The maximum Gasteiger partial charge on any atom is 0.335 e. The molecule has 4 N–H and O–H groups in total. The molecule has 1 heterocycles. The fourth-order valence-corrected chi connectivity index (χ4v) is 7.65. The van der Waals surface area contributed by atoms with Gasteiger partial charge in [0.25, 0.3) is 0 Å². The first-order chi connectivity index (χ1) is 28.2. The number of ether oxygens (including phenoxy) is 4. The zero-order valence-electron chi connectivity index (χ0n) is 37.1. The number of hydrogen-bond donors (Lipinski definition) is 4. The first-order valence-electron chi connectivity index (χ1n) is 24.1. The normalized spacial score (nSPS) is 19.9. The van der Waals surface area contributed by atoms with Crippen LogP contribution >= 0.6 is 0 Å². The molecule has 6 atom stereocenters. The standard InChI is InChI=1S/C47H88O11/c1-3-5-7-9-11-13-15-17-19-20-21-22-24-25-27-29-31-33-35-40(48)55-37-39(38-56-47-44(52)42(50)43(51)45(58-47)46(53)54)57-41(49)36-34-32-30-28-26-23-18-16-14-12-10-8-6-4-2/h39,42-45,47,50-52H,3-38H2,1-2H3,(H,53,54). The van der Waals surface area contributed by atoms with Crippen molar-refractivity contribution >= 4 is 17.9 Å². The predicted octanol–water partition coefficient (Wildman–Crippen LogP) is 10.7. The minimum atomic E-state index is -1.86. The minimum Gasteiger partial charge on any atom is -0.479 e. The lowest BCUT2D eigenvalue weighted by molar-refractivity contribution is -0.298. The number of hydrogen-bond acceptors (Lipinski definition) is 10. The molecule has 0 radical (unpaired) electrons. The van der Waals surface area contributed by atoms with Crippen LogP contribution in [0, 0.1) is 0 Å². The topological polar surface area (TPSA) is 169 Å². The molecule has 342 valence electrons. The number of carboxylic acid groups (broad SMARTS) is 1. The van der Waals surface area contributed by atoms with E-state index in [0.717, 1.165) is 38.5 Å². The monoisotopic (exact) mass is 829 g/mol. The number of esters is 2. The van der Waals surface area contributed by atoms with Crippen molar-refractivity contribution in [3.63, 3.8) is 0 Å². The Morgan fingerprint density at radius 1 is 0.466 bits per heavy atom. The summed E-state index contributed by atoms with van der Waals surface area (Å²) >= 11 is 0. The molecule has 11 nitrogen and oxygen atoms in total. The van der Waals surface area contributed by atoms with E-state index in [0.29, 0.717) is 12.8 Å². The summed E-state index contributed by atoms with van der Waals surface area (Å²) in [6.07, 6.45) is 30.1. The van der Waals surface area contributed by atoms with Crippen molar-refractivity contribution in [2.75, 3.05) is 13.2 Å².